The van der Waals surface area contributed by atoms with Gasteiger partial charge in [0, 0.05) is 18.3 Å². The lowest BCUT2D eigenvalue weighted by Crippen LogP contribution is -2.24. The van der Waals surface area contributed by atoms with Crippen molar-refractivity contribution in [3.05, 3.63) is 46.5 Å². The molecule has 1 N–H and O–H groups in total. The average Bonchev–Trinajstić information content (AvgIpc) is 2.77. The van der Waals surface area contributed by atoms with Crippen molar-refractivity contribution in [2.24, 2.45) is 0 Å². The monoisotopic (exact) mass is 302 g/mol. The van der Waals surface area contributed by atoms with E-state index in [1.165, 1.54) is 22.9 Å². The fraction of sp³-hybridized carbons (Fsp3) is 0.200. The van der Waals surface area contributed by atoms with E-state index < -0.39 is 0 Å². The molecule has 0 radical (unpaired) electrons. The first kappa shape index (κ1) is 13.4. The third kappa shape index (κ3) is 2.07. The van der Waals surface area contributed by atoms with E-state index in [2.05, 4.69) is 42.4 Å². The molecule has 102 valence electrons. The minimum absolute atomic E-state index is 0.101. The van der Waals surface area contributed by atoms with Gasteiger partial charge in [0.1, 0.15) is 9.23 Å². The van der Waals surface area contributed by atoms with Crippen LogP contribution in [-0.4, -0.2) is 21.7 Å². The summed E-state index contributed by atoms with van der Waals surface area (Å²) >= 11 is 6.45. The molecule has 0 saturated carbocycles. The van der Waals surface area contributed by atoms with E-state index in [0.29, 0.717) is 9.23 Å². The van der Waals surface area contributed by atoms with Gasteiger partial charge in [0.25, 0.3) is 5.91 Å². The third-order valence-corrected chi connectivity index (χ3v) is 4.64. The molecule has 1 amide bonds. The van der Waals surface area contributed by atoms with Crippen LogP contribution >= 0.6 is 24.0 Å². The number of thioether (sulfide) groups is 1. The molecule has 20 heavy (non-hydrogen) atoms. The standard InChI is InChI=1S/C15H14N2OS2/c1-3-17-8-9(2)10-6-4-5-7-11(10)12(17)13-14(18)16-15(19)20-13/h4-8H,3H2,1-2H3,(H,16,18,19)/b13-12+. The molecular formula is C15H14N2OS2. The van der Waals surface area contributed by atoms with Gasteiger partial charge < -0.3 is 10.2 Å². The van der Waals surface area contributed by atoms with Crippen molar-refractivity contribution in [2.45, 2.75) is 13.8 Å². The van der Waals surface area contributed by atoms with Crippen LogP contribution in [0.15, 0.2) is 35.4 Å². The zero-order chi connectivity index (χ0) is 14.3. The van der Waals surface area contributed by atoms with Gasteiger partial charge in [0.2, 0.25) is 0 Å². The predicted molar refractivity (Wildman–Crippen MR) is 87.7 cm³/mol. The van der Waals surface area contributed by atoms with Gasteiger partial charge in [-0.15, -0.1) is 0 Å². The average molecular weight is 302 g/mol. The maximum Gasteiger partial charge on any atom is 0.265 e. The summed E-state index contributed by atoms with van der Waals surface area (Å²) in [6.07, 6.45) is 2.10. The van der Waals surface area contributed by atoms with E-state index in [0.717, 1.165) is 17.8 Å². The van der Waals surface area contributed by atoms with Crippen LogP contribution in [0.1, 0.15) is 25.0 Å². The SMILES string of the molecule is CCN1C=C(C)c2ccccc2/C1=C1\SC(=S)NC1=O. The van der Waals surface area contributed by atoms with Gasteiger partial charge >= 0.3 is 0 Å². The van der Waals surface area contributed by atoms with Crippen molar-refractivity contribution in [3.8, 4) is 0 Å². The van der Waals surface area contributed by atoms with E-state index >= 15 is 0 Å². The first-order chi connectivity index (χ1) is 9.61. The molecule has 0 aromatic heterocycles. The van der Waals surface area contributed by atoms with Gasteiger partial charge in [-0.05, 0) is 25.0 Å². The van der Waals surface area contributed by atoms with Crippen LogP contribution in [0.4, 0.5) is 0 Å². The summed E-state index contributed by atoms with van der Waals surface area (Å²) < 4.78 is 0.525. The summed E-state index contributed by atoms with van der Waals surface area (Å²) in [4.78, 5) is 14.9. The Labute approximate surface area is 127 Å². The van der Waals surface area contributed by atoms with Gasteiger partial charge in [0.05, 0.1) is 5.70 Å². The quantitative estimate of drug-likeness (QED) is 0.638. The van der Waals surface area contributed by atoms with E-state index in [1.807, 2.05) is 12.1 Å². The summed E-state index contributed by atoms with van der Waals surface area (Å²) in [5.41, 5.74) is 4.43. The Morgan fingerprint density at radius 3 is 2.60 bits per heavy atom. The first-order valence-corrected chi connectivity index (χ1v) is 7.66. The number of nitrogens with one attached hydrogen (secondary N) is 1. The zero-order valence-electron chi connectivity index (χ0n) is 11.3. The van der Waals surface area contributed by atoms with Crippen LogP contribution in [0.5, 0.6) is 0 Å². The van der Waals surface area contributed by atoms with Crippen molar-refractivity contribution < 1.29 is 4.79 Å². The molecule has 0 unspecified atom stereocenters. The van der Waals surface area contributed by atoms with Crippen LogP contribution in [0.3, 0.4) is 0 Å². The molecule has 3 rings (SSSR count). The Morgan fingerprint density at radius 2 is 2.00 bits per heavy atom. The molecule has 1 saturated heterocycles. The van der Waals surface area contributed by atoms with Crippen LogP contribution in [0.25, 0.3) is 11.3 Å². The van der Waals surface area contributed by atoms with Crippen LogP contribution in [0, 0.1) is 0 Å². The maximum atomic E-state index is 12.1. The van der Waals surface area contributed by atoms with E-state index in [-0.39, 0.29) is 5.91 Å². The molecule has 3 nitrogen and oxygen atoms in total. The van der Waals surface area contributed by atoms with Crippen molar-refractivity contribution in [3.63, 3.8) is 0 Å². The number of carbonyl (C=O) groups is 1. The number of hydrogen-bond acceptors (Lipinski definition) is 4. The summed E-state index contributed by atoms with van der Waals surface area (Å²) in [5.74, 6) is -0.101. The number of allylic oxidation sites excluding steroid dienone is 1. The van der Waals surface area contributed by atoms with E-state index in [4.69, 9.17) is 12.2 Å². The molecule has 0 aliphatic carbocycles. The Bertz CT molecular complexity index is 676. The van der Waals surface area contributed by atoms with Crippen molar-refractivity contribution >= 4 is 45.5 Å². The largest absolute Gasteiger partial charge is 0.346 e. The second-order valence-corrected chi connectivity index (χ2v) is 6.35. The Balaban J connectivity index is 2.26. The Hall–Kier alpha value is -1.59. The summed E-state index contributed by atoms with van der Waals surface area (Å²) in [7, 11) is 0. The van der Waals surface area contributed by atoms with Crippen molar-refractivity contribution in [1.29, 1.82) is 0 Å². The zero-order valence-corrected chi connectivity index (χ0v) is 12.9. The highest BCUT2D eigenvalue weighted by molar-refractivity contribution is 8.26. The van der Waals surface area contributed by atoms with Crippen LogP contribution in [0.2, 0.25) is 0 Å². The molecule has 0 spiro atoms. The fourth-order valence-electron chi connectivity index (χ4n) is 2.53. The summed E-state index contributed by atoms with van der Waals surface area (Å²) in [6, 6.07) is 8.17. The molecule has 2 heterocycles. The number of benzene rings is 1. The summed E-state index contributed by atoms with van der Waals surface area (Å²) in [6.45, 7) is 4.98. The number of thiocarbonyl (C=S) groups is 1. The number of rotatable bonds is 1. The van der Waals surface area contributed by atoms with Gasteiger partial charge in [-0.25, -0.2) is 0 Å². The second-order valence-electron chi connectivity index (χ2n) is 4.67. The molecule has 2 aliphatic heterocycles. The third-order valence-electron chi connectivity index (χ3n) is 3.42. The highest BCUT2D eigenvalue weighted by Crippen LogP contribution is 2.40. The molecule has 1 aromatic carbocycles. The van der Waals surface area contributed by atoms with Gasteiger partial charge in [-0.1, -0.05) is 48.2 Å². The molecule has 1 aromatic rings. The second kappa shape index (κ2) is 5.07. The molecular weight excluding hydrogens is 288 g/mol. The molecule has 2 aliphatic rings. The van der Waals surface area contributed by atoms with Crippen LogP contribution < -0.4 is 5.32 Å². The number of fused-ring (bicyclic) bond motifs is 1. The highest BCUT2D eigenvalue weighted by Gasteiger charge is 2.31. The smallest absolute Gasteiger partial charge is 0.265 e. The van der Waals surface area contributed by atoms with Crippen molar-refractivity contribution in [1.82, 2.24) is 10.2 Å². The predicted octanol–water partition coefficient (Wildman–Crippen LogP) is 3.20. The molecule has 5 heteroatoms. The summed E-state index contributed by atoms with van der Waals surface area (Å²) in [5, 5.41) is 2.70. The van der Waals surface area contributed by atoms with Crippen molar-refractivity contribution in [2.75, 3.05) is 6.54 Å². The minimum atomic E-state index is -0.101. The fourth-order valence-corrected chi connectivity index (χ4v) is 3.67. The lowest BCUT2D eigenvalue weighted by molar-refractivity contribution is -0.115. The van der Waals surface area contributed by atoms with Gasteiger partial charge in [0.15, 0.2) is 0 Å². The lowest BCUT2D eigenvalue weighted by Gasteiger charge is -2.30. The first-order valence-electron chi connectivity index (χ1n) is 6.44. The Morgan fingerprint density at radius 1 is 1.30 bits per heavy atom. The highest BCUT2D eigenvalue weighted by atomic mass is 32.2. The number of nitrogens with zero attached hydrogens (tertiary/aromatic N) is 1. The van der Waals surface area contributed by atoms with Crippen LogP contribution in [-0.2, 0) is 4.79 Å². The maximum absolute atomic E-state index is 12.1. The molecule has 1 fully saturated rings. The lowest BCUT2D eigenvalue weighted by atomic mass is 9.94. The number of hydrogen-bond donors (Lipinski definition) is 1. The number of amides is 1. The minimum Gasteiger partial charge on any atom is -0.346 e. The number of carbonyl (C=O) groups excluding carboxylic acids is 1. The van der Waals surface area contributed by atoms with E-state index in [9.17, 15) is 4.79 Å². The van der Waals surface area contributed by atoms with E-state index in [1.54, 1.807) is 0 Å². The topological polar surface area (TPSA) is 32.3 Å². The Kier molecular flexibility index (Phi) is 3.40. The molecule has 0 atom stereocenters. The molecule has 0 bridgehead atoms. The van der Waals surface area contributed by atoms with Gasteiger partial charge in [-0.2, -0.15) is 0 Å². The van der Waals surface area contributed by atoms with Gasteiger partial charge in [-0.3, -0.25) is 4.79 Å². The normalized spacial score (nSPS) is 21.7.